The molecular weight excluding hydrogens is 189 g/mol. The molecule has 1 fully saturated rings. The Morgan fingerprint density at radius 3 is 2.73 bits per heavy atom. The summed E-state index contributed by atoms with van der Waals surface area (Å²) in [6.45, 7) is 2.33. The van der Waals surface area contributed by atoms with Crippen molar-refractivity contribution in [2.45, 2.75) is 51.5 Å². The Balaban J connectivity index is 2.01. The smallest absolute Gasteiger partial charge is 0.140 e. The molecule has 0 aromatic carbocycles. The minimum Gasteiger partial charge on any atom is -0.348 e. The topological polar surface area (TPSA) is 4.93 Å². The number of hydrogen-bond donors (Lipinski definition) is 0. The van der Waals surface area contributed by atoms with Crippen molar-refractivity contribution >= 4 is 0 Å². The molecule has 1 aliphatic rings. The van der Waals surface area contributed by atoms with Crippen LogP contribution in [0.1, 0.15) is 51.5 Å². The lowest BCUT2D eigenvalue weighted by atomic mass is 9.90. The number of halogens is 1. The highest BCUT2D eigenvalue weighted by molar-refractivity contribution is 4.97. The Kier molecular flexibility index (Phi) is 3.45. The van der Waals surface area contributed by atoms with Gasteiger partial charge >= 0.3 is 0 Å². The molecular formula is C13H20FN. The van der Waals surface area contributed by atoms with Crippen molar-refractivity contribution in [1.29, 1.82) is 0 Å². The maximum atomic E-state index is 12.9. The summed E-state index contributed by atoms with van der Waals surface area (Å²) < 4.78 is 15.0. The summed E-state index contributed by atoms with van der Waals surface area (Å²) in [7, 11) is 0. The first-order chi connectivity index (χ1) is 7.25. The molecule has 0 amide bonds. The Hall–Kier alpha value is -0.790. The van der Waals surface area contributed by atoms with E-state index in [9.17, 15) is 4.39 Å². The standard InChI is InChI=1S/C13H20FN/c1-11-4-2-3-5-13(7-6-11)15-9-8-12(14)10-15/h8-11,13H,2-7H2,1H3. The predicted octanol–water partition coefficient (Wildman–Crippen LogP) is 4.16. The molecule has 0 spiro atoms. The molecule has 1 aromatic heterocycles. The van der Waals surface area contributed by atoms with E-state index in [1.807, 2.05) is 6.20 Å². The third-order valence-corrected chi connectivity index (χ3v) is 3.58. The summed E-state index contributed by atoms with van der Waals surface area (Å²) in [4.78, 5) is 0. The summed E-state index contributed by atoms with van der Waals surface area (Å²) in [6.07, 6.45) is 11.2. The minimum absolute atomic E-state index is 0.106. The van der Waals surface area contributed by atoms with Gasteiger partial charge < -0.3 is 4.57 Å². The molecule has 1 saturated carbocycles. The fourth-order valence-electron chi connectivity index (χ4n) is 2.55. The fourth-order valence-corrected chi connectivity index (χ4v) is 2.55. The molecule has 1 nitrogen and oxygen atoms in total. The summed E-state index contributed by atoms with van der Waals surface area (Å²) in [5.41, 5.74) is 0. The fraction of sp³-hybridized carbons (Fsp3) is 0.692. The van der Waals surface area contributed by atoms with E-state index < -0.39 is 0 Å². The first-order valence-corrected chi connectivity index (χ1v) is 6.08. The van der Waals surface area contributed by atoms with Gasteiger partial charge in [-0.1, -0.05) is 26.2 Å². The highest BCUT2D eigenvalue weighted by Gasteiger charge is 2.15. The van der Waals surface area contributed by atoms with Gasteiger partial charge in [0.05, 0.1) is 0 Å². The van der Waals surface area contributed by atoms with Crippen molar-refractivity contribution in [3.63, 3.8) is 0 Å². The molecule has 2 unspecified atom stereocenters. The van der Waals surface area contributed by atoms with Crippen LogP contribution in [-0.2, 0) is 0 Å². The van der Waals surface area contributed by atoms with Gasteiger partial charge in [-0.15, -0.1) is 0 Å². The maximum Gasteiger partial charge on any atom is 0.140 e. The molecule has 0 N–H and O–H groups in total. The van der Waals surface area contributed by atoms with Crippen LogP contribution in [0.5, 0.6) is 0 Å². The highest BCUT2D eigenvalue weighted by atomic mass is 19.1. The molecule has 84 valence electrons. The van der Waals surface area contributed by atoms with E-state index >= 15 is 0 Å². The third-order valence-electron chi connectivity index (χ3n) is 3.58. The van der Waals surface area contributed by atoms with Gasteiger partial charge in [-0.3, -0.25) is 0 Å². The molecule has 2 rings (SSSR count). The third kappa shape index (κ3) is 2.83. The second-order valence-electron chi connectivity index (χ2n) is 4.90. The van der Waals surface area contributed by atoms with Gasteiger partial charge in [0.15, 0.2) is 0 Å². The number of rotatable bonds is 1. The lowest BCUT2D eigenvalue weighted by Gasteiger charge is -2.24. The molecule has 2 atom stereocenters. The Morgan fingerprint density at radius 1 is 1.20 bits per heavy atom. The van der Waals surface area contributed by atoms with Gasteiger partial charge in [0.1, 0.15) is 5.82 Å². The van der Waals surface area contributed by atoms with Gasteiger partial charge in [0.25, 0.3) is 0 Å². The maximum absolute atomic E-state index is 12.9. The van der Waals surface area contributed by atoms with Crippen molar-refractivity contribution in [3.05, 3.63) is 24.3 Å². The van der Waals surface area contributed by atoms with Crippen LogP contribution in [0.15, 0.2) is 18.5 Å². The summed E-state index contributed by atoms with van der Waals surface area (Å²) in [5.74, 6) is 0.735. The monoisotopic (exact) mass is 209 g/mol. The van der Waals surface area contributed by atoms with Gasteiger partial charge in [-0.25, -0.2) is 4.39 Å². The zero-order valence-electron chi connectivity index (χ0n) is 9.45. The molecule has 0 saturated heterocycles. The summed E-state index contributed by atoms with van der Waals surface area (Å²) in [6, 6.07) is 2.08. The van der Waals surface area contributed by atoms with E-state index in [0.29, 0.717) is 6.04 Å². The normalized spacial score (nSPS) is 28.4. The van der Waals surface area contributed by atoms with Crippen LogP contribution >= 0.6 is 0 Å². The Morgan fingerprint density at radius 2 is 2.00 bits per heavy atom. The van der Waals surface area contributed by atoms with Crippen LogP contribution in [0.4, 0.5) is 4.39 Å². The van der Waals surface area contributed by atoms with E-state index in [4.69, 9.17) is 0 Å². The molecule has 1 aliphatic carbocycles. The highest BCUT2D eigenvalue weighted by Crippen LogP contribution is 2.29. The SMILES string of the molecule is CC1CCCCC(n2ccc(F)c2)CC1. The lowest BCUT2D eigenvalue weighted by molar-refractivity contribution is 0.323. The first kappa shape index (κ1) is 10.7. The van der Waals surface area contributed by atoms with Crippen LogP contribution in [0.3, 0.4) is 0 Å². The molecule has 1 heterocycles. The average Bonchev–Trinajstić information content (AvgIpc) is 2.59. The van der Waals surface area contributed by atoms with E-state index in [1.165, 1.54) is 38.5 Å². The van der Waals surface area contributed by atoms with Crippen molar-refractivity contribution in [2.75, 3.05) is 0 Å². The zero-order chi connectivity index (χ0) is 10.7. The van der Waals surface area contributed by atoms with Crippen LogP contribution in [0, 0.1) is 11.7 Å². The van der Waals surface area contributed by atoms with Gasteiger partial charge in [-0.05, 0) is 31.2 Å². The average molecular weight is 209 g/mol. The van der Waals surface area contributed by atoms with Crippen molar-refractivity contribution in [2.24, 2.45) is 5.92 Å². The second-order valence-corrected chi connectivity index (χ2v) is 4.90. The second kappa shape index (κ2) is 4.82. The molecule has 0 aliphatic heterocycles. The molecule has 1 aromatic rings. The van der Waals surface area contributed by atoms with Gasteiger partial charge in [0.2, 0.25) is 0 Å². The lowest BCUT2D eigenvalue weighted by Crippen LogP contribution is -2.11. The predicted molar refractivity (Wildman–Crippen MR) is 60.3 cm³/mol. The van der Waals surface area contributed by atoms with Crippen molar-refractivity contribution < 1.29 is 4.39 Å². The summed E-state index contributed by atoms with van der Waals surface area (Å²) >= 11 is 0. The van der Waals surface area contributed by atoms with E-state index in [-0.39, 0.29) is 5.82 Å². The molecule has 0 radical (unpaired) electrons. The largest absolute Gasteiger partial charge is 0.348 e. The summed E-state index contributed by atoms with van der Waals surface area (Å²) in [5, 5.41) is 0. The van der Waals surface area contributed by atoms with Crippen molar-refractivity contribution in [3.8, 4) is 0 Å². The molecule has 15 heavy (non-hydrogen) atoms. The van der Waals surface area contributed by atoms with Crippen molar-refractivity contribution in [1.82, 2.24) is 4.57 Å². The number of hydrogen-bond acceptors (Lipinski definition) is 0. The minimum atomic E-state index is -0.106. The quantitative estimate of drug-likeness (QED) is 0.654. The van der Waals surface area contributed by atoms with Crippen LogP contribution in [-0.4, -0.2) is 4.57 Å². The first-order valence-electron chi connectivity index (χ1n) is 6.08. The Labute approximate surface area is 91.3 Å². The van der Waals surface area contributed by atoms with Crippen LogP contribution in [0.25, 0.3) is 0 Å². The molecule has 2 heteroatoms. The zero-order valence-corrected chi connectivity index (χ0v) is 9.45. The number of aromatic nitrogens is 1. The van der Waals surface area contributed by atoms with Crippen LogP contribution in [0.2, 0.25) is 0 Å². The van der Waals surface area contributed by atoms with E-state index in [1.54, 1.807) is 12.3 Å². The molecule has 0 bridgehead atoms. The Bertz CT molecular complexity index is 305. The number of nitrogens with zero attached hydrogens (tertiary/aromatic N) is 1. The van der Waals surface area contributed by atoms with Gasteiger partial charge in [0, 0.05) is 18.4 Å². The van der Waals surface area contributed by atoms with Crippen LogP contribution < -0.4 is 0 Å². The van der Waals surface area contributed by atoms with E-state index in [2.05, 4.69) is 11.5 Å². The van der Waals surface area contributed by atoms with Gasteiger partial charge in [-0.2, -0.15) is 0 Å². The van der Waals surface area contributed by atoms with E-state index in [0.717, 1.165) is 5.92 Å².